The van der Waals surface area contributed by atoms with Crippen LogP contribution in [0.3, 0.4) is 0 Å². The quantitative estimate of drug-likeness (QED) is 0.0891. The van der Waals surface area contributed by atoms with Gasteiger partial charge in [-0.05, 0) is 82.7 Å². The van der Waals surface area contributed by atoms with Crippen molar-refractivity contribution in [2.45, 2.75) is 85.0 Å². The van der Waals surface area contributed by atoms with E-state index in [-0.39, 0.29) is 10.8 Å². The Morgan fingerprint density at radius 1 is 0.611 bits per heavy atom. The van der Waals surface area contributed by atoms with Crippen molar-refractivity contribution < 1.29 is 4.74 Å². The number of hydrogen-bond acceptors (Lipinski definition) is 2. The van der Waals surface area contributed by atoms with Crippen molar-refractivity contribution in [2.24, 2.45) is 0 Å². The van der Waals surface area contributed by atoms with Gasteiger partial charge in [-0.1, -0.05) is 97.9 Å². The number of fused-ring (bicyclic) bond motifs is 7. The van der Waals surface area contributed by atoms with E-state index in [0.717, 1.165) is 41.2 Å². The molecule has 0 radical (unpaired) electrons. The third-order valence-corrected chi connectivity index (χ3v) is 12.0. The van der Waals surface area contributed by atoms with Crippen molar-refractivity contribution in [2.75, 3.05) is 0 Å². The molecule has 0 aliphatic carbocycles. The van der Waals surface area contributed by atoms with Gasteiger partial charge in [0, 0.05) is 59.4 Å². The van der Waals surface area contributed by atoms with Crippen molar-refractivity contribution in [3.8, 4) is 17.3 Å². The van der Waals surface area contributed by atoms with Crippen LogP contribution in [0.2, 0.25) is 0 Å². The SMILES string of the molecule is CCC(CC)c1cccc([N@+]23[CH-][N+]2(c2cc(Oc4ccc5c6ccccc6n(-c6cc(C(C)(C)C)ccn6)c5c4)cc(C(C)(C)C)c2)c2ccccc23)c1. The molecule has 54 heavy (non-hydrogen) atoms. The molecule has 5 heteroatoms. The van der Waals surface area contributed by atoms with Crippen molar-refractivity contribution in [1.29, 1.82) is 0 Å². The molecule has 2 aromatic heterocycles. The summed E-state index contributed by atoms with van der Waals surface area (Å²) in [7, 11) is 0. The van der Waals surface area contributed by atoms with Gasteiger partial charge in [-0.2, -0.15) is 9.18 Å². The molecule has 1 unspecified atom stereocenters. The summed E-state index contributed by atoms with van der Waals surface area (Å²) in [4.78, 5) is 4.90. The Kier molecular flexibility index (Phi) is 7.76. The lowest BCUT2D eigenvalue weighted by molar-refractivity contribution is 0.422. The Hall–Kier alpha value is -5.23. The second-order valence-corrected chi connectivity index (χ2v) is 17.3. The molecule has 1 saturated heterocycles. The predicted octanol–water partition coefficient (Wildman–Crippen LogP) is 13.8. The predicted molar refractivity (Wildman–Crippen MR) is 226 cm³/mol. The molecule has 2 atom stereocenters. The zero-order valence-corrected chi connectivity index (χ0v) is 32.9. The number of pyridine rings is 1. The fourth-order valence-corrected chi connectivity index (χ4v) is 8.88. The Morgan fingerprint density at radius 3 is 2.02 bits per heavy atom. The lowest BCUT2D eigenvalue weighted by Gasteiger charge is -2.40. The maximum Gasteiger partial charge on any atom is 0.225 e. The molecule has 2 aliphatic rings. The molecule has 272 valence electrons. The lowest BCUT2D eigenvalue weighted by atomic mass is 9.86. The third kappa shape index (κ3) is 5.09. The van der Waals surface area contributed by atoms with Crippen LogP contribution in [0, 0.1) is 6.67 Å². The van der Waals surface area contributed by atoms with Crippen molar-refractivity contribution in [1.82, 2.24) is 18.7 Å². The summed E-state index contributed by atoms with van der Waals surface area (Å²) in [5, 5.41) is 2.38. The Labute approximate surface area is 320 Å². The van der Waals surface area contributed by atoms with Gasteiger partial charge in [-0.3, -0.25) is 4.57 Å². The number of benzene rings is 5. The molecule has 0 bridgehead atoms. The van der Waals surface area contributed by atoms with Gasteiger partial charge in [0.25, 0.3) is 0 Å². The van der Waals surface area contributed by atoms with Gasteiger partial charge in [0.05, 0.1) is 11.0 Å². The molecule has 5 aromatic carbocycles. The molecule has 0 saturated carbocycles. The van der Waals surface area contributed by atoms with Crippen LogP contribution in [0.15, 0.2) is 128 Å². The summed E-state index contributed by atoms with van der Waals surface area (Å²) in [6.07, 6.45) is 4.21. The molecule has 9 rings (SSSR count). The summed E-state index contributed by atoms with van der Waals surface area (Å²) in [5.74, 6) is 3.11. The lowest BCUT2D eigenvalue weighted by Crippen LogP contribution is -2.46. The average Bonchev–Trinajstić information content (AvgIpc) is 3.65. The highest BCUT2D eigenvalue weighted by Gasteiger charge is 2.78. The molecule has 7 aromatic rings. The highest BCUT2D eigenvalue weighted by atomic mass is 16.5. The standard InChI is InChI=1S/C49H51N4O/c1-9-33(10-2)34-16-15-17-37(26-34)52-32-53(52,46-21-14-13-20-45(46)52)38-27-36(49(6,7)8)28-40(30-38)54-39-22-23-42-41-18-11-12-19-43(41)51(44(42)31-39)47-29-35(24-25-50-47)48(3,4)5/h11-33H,9-10H2,1-8H3/q+1/t52-,53?/m0/s1. The van der Waals surface area contributed by atoms with E-state index in [2.05, 4.69) is 188 Å². The van der Waals surface area contributed by atoms with Gasteiger partial charge < -0.3 is 4.74 Å². The maximum atomic E-state index is 6.95. The van der Waals surface area contributed by atoms with Gasteiger partial charge in [0.15, 0.2) is 18.0 Å². The van der Waals surface area contributed by atoms with Crippen LogP contribution >= 0.6 is 0 Å². The topological polar surface area (TPSA) is 27.1 Å². The van der Waals surface area contributed by atoms with Crippen LogP contribution in [-0.2, 0) is 10.8 Å². The van der Waals surface area contributed by atoms with E-state index < -0.39 is 0 Å². The minimum Gasteiger partial charge on any atom is -0.457 e. The van der Waals surface area contributed by atoms with Crippen LogP contribution in [0.4, 0.5) is 22.7 Å². The van der Waals surface area contributed by atoms with Gasteiger partial charge in [0.2, 0.25) is 11.4 Å². The van der Waals surface area contributed by atoms with Gasteiger partial charge >= 0.3 is 0 Å². The number of hydrogen-bond donors (Lipinski definition) is 0. The number of nitrogens with zero attached hydrogens (tertiary/aromatic N) is 4. The first-order valence-electron chi connectivity index (χ1n) is 19.6. The summed E-state index contributed by atoms with van der Waals surface area (Å²) in [6, 6.07) is 44.6. The zero-order chi connectivity index (χ0) is 37.6. The van der Waals surface area contributed by atoms with E-state index in [0.29, 0.717) is 15.1 Å². The summed E-state index contributed by atoms with van der Waals surface area (Å²) < 4.78 is 10.6. The fraction of sp³-hybridized carbons (Fsp3) is 0.265. The zero-order valence-electron chi connectivity index (χ0n) is 32.9. The van der Waals surface area contributed by atoms with E-state index in [1.165, 1.54) is 50.2 Å². The normalized spacial score (nSPS) is 19.1. The van der Waals surface area contributed by atoms with Crippen molar-refractivity contribution >= 4 is 44.6 Å². The average molecular weight is 712 g/mol. The largest absolute Gasteiger partial charge is 0.457 e. The molecule has 2 aliphatic heterocycles. The molecule has 5 nitrogen and oxygen atoms in total. The summed E-state index contributed by atoms with van der Waals surface area (Å²) >= 11 is 0. The van der Waals surface area contributed by atoms with Gasteiger partial charge in [0.1, 0.15) is 17.3 Å². The molecule has 0 amide bonds. The summed E-state index contributed by atoms with van der Waals surface area (Å²) in [6.45, 7) is 20.7. The van der Waals surface area contributed by atoms with Crippen LogP contribution in [0.5, 0.6) is 11.5 Å². The van der Waals surface area contributed by atoms with E-state index in [4.69, 9.17) is 9.72 Å². The van der Waals surface area contributed by atoms with E-state index in [9.17, 15) is 0 Å². The maximum absolute atomic E-state index is 6.95. The molecule has 0 spiro atoms. The fourth-order valence-electron chi connectivity index (χ4n) is 8.88. The third-order valence-electron chi connectivity index (χ3n) is 12.0. The highest BCUT2D eigenvalue weighted by Crippen LogP contribution is 2.75. The molecular formula is C49H51N4O+. The number of para-hydroxylation sites is 3. The first-order valence-corrected chi connectivity index (χ1v) is 19.6. The molecular weight excluding hydrogens is 661 g/mol. The van der Waals surface area contributed by atoms with Crippen molar-refractivity contribution in [3.63, 3.8) is 0 Å². The Balaban J connectivity index is 1.17. The van der Waals surface area contributed by atoms with Gasteiger partial charge in [-0.15, -0.1) is 0 Å². The van der Waals surface area contributed by atoms with Crippen LogP contribution in [0.1, 0.15) is 90.8 Å². The minimum absolute atomic E-state index is 0.00495. The second-order valence-electron chi connectivity index (χ2n) is 17.3. The Morgan fingerprint density at radius 2 is 1.30 bits per heavy atom. The van der Waals surface area contributed by atoms with Crippen LogP contribution in [-0.4, -0.2) is 9.55 Å². The van der Waals surface area contributed by atoms with Crippen LogP contribution in [0.25, 0.3) is 27.6 Å². The first-order chi connectivity index (χ1) is 25.9. The smallest absolute Gasteiger partial charge is 0.225 e. The Bertz CT molecular complexity index is 2580. The van der Waals surface area contributed by atoms with Crippen molar-refractivity contribution in [3.05, 3.63) is 151 Å². The number of ether oxygens (including phenoxy) is 1. The highest BCUT2D eigenvalue weighted by molar-refractivity contribution is 6.09. The van der Waals surface area contributed by atoms with E-state index in [1.807, 2.05) is 6.20 Å². The molecule has 1 fully saturated rings. The monoisotopic (exact) mass is 711 g/mol. The first kappa shape index (κ1) is 34.5. The number of rotatable bonds is 8. The van der Waals surface area contributed by atoms with Gasteiger partial charge in [-0.25, -0.2) is 4.98 Å². The van der Waals surface area contributed by atoms with E-state index >= 15 is 0 Å². The van der Waals surface area contributed by atoms with E-state index in [1.54, 1.807) is 0 Å². The minimum atomic E-state index is -0.0853. The summed E-state index contributed by atoms with van der Waals surface area (Å²) in [5.41, 5.74) is 11.2. The van der Waals surface area contributed by atoms with Crippen LogP contribution < -0.4 is 13.9 Å². The molecule has 4 heterocycles. The second kappa shape index (κ2) is 12.1. The molecule has 0 N–H and O–H groups in total. The number of aromatic nitrogens is 2. The number of quaternary nitrogens is 2.